The quantitative estimate of drug-likeness (QED) is 0.880. The van der Waals surface area contributed by atoms with Gasteiger partial charge in [-0.05, 0) is 23.8 Å². The van der Waals surface area contributed by atoms with Crippen LogP contribution in [0, 0.1) is 0 Å². The summed E-state index contributed by atoms with van der Waals surface area (Å²) in [5.41, 5.74) is 0.388. The number of carbonyl (C=O) groups is 2. The number of hydrogen-bond donors (Lipinski definition) is 2. The van der Waals surface area contributed by atoms with E-state index in [1.165, 1.54) is 18.2 Å². The molecule has 0 bridgehead atoms. The highest BCUT2D eigenvalue weighted by atomic mass is 16.5. The molecule has 0 atom stereocenters. The van der Waals surface area contributed by atoms with Gasteiger partial charge in [0.25, 0.3) is 0 Å². The Balaban J connectivity index is 0.00000116. The van der Waals surface area contributed by atoms with Gasteiger partial charge in [0.15, 0.2) is 0 Å². The van der Waals surface area contributed by atoms with Gasteiger partial charge in [0.1, 0.15) is 12.4 Å². The first-order chi connectivity index (χ1) is 10.6. The summed E-state index contributed by atoms with van der Waals surface area (Å²) in [6.07, 6.45) is 0. The van der Waals surface area contributed by atoms with Gasteiger partial charge in [-0.15, -0.1) is 0 Å². The Bertz CT molecular complexity index is 635. The molecule has 0 saturated heterocycles. The van der Waals surface area contributed by atoms with Gasteiger partial charge in [-0.25, -0.2) is 9.59 Å². The maximum atomic E-state index is 11.0. The van der Waals surface area contributed by atoms with Crippen molar-refractivity contribution in [2.24, 2.45) is 0 Å². The van der Waals surface area contributed by atoms with Crippen molar-refractivity contribution in [1.82, 2.24) is 0 Å². The maximum absolute atomic E-state index is 11.0. The van der Waals surface area contributed by atoms with E-state index in [0.29, 0.717) is 5.75 Å². The van der Waals surface area contributed by atoms with Crippen LogP contribution in [0.5, 0.6) is 5.75 Å². The highest BCUT2D eigenvalue weighted by Gasteiger charge is 2.16. The smallest absolute Gasteiger partial charge is 0.336 e. The van der Waals surface area contributed by atoms with Crippen molar-refractivity contribution in [3.05, 3.63) is 65.2 Å². The van der Waals surface area contributed by atoms with E-state index < -0.39 is 11.9 Å². The highest BCUT2D eigenvalue weighted by molar-refractivity contribution is 6.01. The van der Waals surface area contributed by atoms with E-state index in [4.69, 9.17) is 14.9 Å². The number of hydrogen-bond acceptors (Lipinski definition) is 3. The van der Waals surface area contributed by atoms with Crippen molar-refractivity contribution in [3.8, 4) is 5.75 Å². The van der Waals surface area contributed by atoms with E-state index in [2.05, 4.69) is 0 Å². The summed E-state index contributed by atoms with van der Waals surface area (Å²) in [6.45, 7) is 4.28. The minimum absolute atomic E-state index is 0.260. The molecule has 116 valence electrons. The predicted octanol–water partition coefficient (Wildman–Crippen LogP) is 3.69. The molecule has 0 aliphatic heterocycles. The van der Waals surface area contributed by atoms with Crippen LogP contribution < -0.4 is 4.74 Å². The van der Waals surface area contributed by atoms with E-state index in [1.54, 1.807) is 0 Å². The van der Waals surface area contributed by atoms with Gasteiger partial charge in [0, 0.05) is 0 Å². The summed E-state index contributed by atoms with van der Waals surface area (Å²) in [6, 6.07) is 13.3. The van der Waals surface area contributed by atoms with Crippen molar-refractivity contribution in [3.63, 3.8) is 0 Å². The van der Waals surface area contributed by atoms with Gasteiger partial charge in [-0.2, -0.15) is 0 Å². The van der Waals surface area contributed by atoms with Crippen LogP contribution in [0.2, 0.25) is 0 Å². The summed E-state index contributed by atoms with van der Waals surface area (Å²) < 4.78 is 5.46. The second-order valence-electron chi connectivity index (χ2n) is 4.09. The lowest BCUT2D eigenvalue weighted by Crippen LogP contribution is -2.08. The lowest BCUT2D eigenvalue weighted by Gasteiger charge is -2.08. The van der Waals surface area contributed by atoms with Crippen LogP contribution in [0.4, 0.5) is 0 Å². The number of rotatable bonds is 5. The van der Waals surface area contributed by atoms with E-state index in [-0.39, 0.29) is 17.7 Å². The Labute approximate surface area is 128 Å². The number of benzene rings is 2. The van der Waals surface area contributed by atoms with Crippen molar-refractivity contribution in [2.45, 2.75) is 20.5 Å². The summed E-state index contributed by atoms with van der Waals surface area (Å²) >= 11 is 0. The third kappa shape index (κ3) is 4.63. The predicted molar refractivity (Wildman–Crippen MR) is 82.5 cm³/mol. The van der Waals surface area contributed by atoms with Crippen molar-refractivity contribution in [2.75, 3.05) is 0 Å². The Morgan fingerprint density at radius 2 is 1.50 bits per heavy atom. The van der Waals surface area contributed by atoms with E-state index in [0.717, 1.165) is 5.56 Å². The molecule has 2 aromatic carbocycles. The Morgan fingerprint density at radius 3 is 2.05 bits per heavy atom. The van der Waals surface area contributed by atoms with Gasteiger partial charge >= 0.3 is 11.9 Å². The van der Waals surface area contributed by atoms with Gasteiger partial charge in [0.2, 0.25) is 0 Å². The molecule has 0 fully saturated rings. The monoisotopic (exact) mass is 302 g/mol. The first-order valence-electron chi connectivity index (χ1n) is 6.85. The van der Waals surface area contributed by atoms with Gasteiger partial charge in [0.05, 0.1) is 11.1 Å². The SMILES string of the molecule is CC.O=C(O)c1ccc(OCc2ccccc2)cc1C(=O)O. The van der Waals surface area contributed by atoms with Gasteiger partial charge in [-0.3, -0.25) is 0 Å². The molecule has 0 amide bonds. The average Bonchev–Trinajstić information content (AvgIpc) is 2.55. The van der Waals surface area contributed by atoms with Crippen molar-refractivity contribution < 1.29 is 24.5 Å². The Kier molecular flexibility index (Phi) is 6.63. The third-order valence-electron chi connectivity index (χ3n) is 2.70. The average molecular weight is 302 g/mol. The molecule has 5 heteroatoms. The van der Waals surface area contributed by atoms with Crippen LogP contribution in [-0.4, -0.2) is 22.2 Å². The van der Waals surface area contributed by atoms with E-state index >= 15 is 0 Å². The van der Waals surface area contributed by atoms with Gasteiger partial charge in [-0.1, -0.05) is 44.2 Å². The molecule has 2 rings (SSSR count). The molecular weight excluding hydrogens is 284 g/mol. The molecule has 22 heavy (non-hydrogen) atoms. The summed E-state index contributed by atoms with van der Waals surface area (Å²) in [4.78, 5) is 21.9. The lowest BCUT2D eigenvalue weighted by atomic mass is 10.1. The lowest BCUT2D eigenvalue weighted by molar-refractivity contribution is 0.0651. The second kappa shape index (κ2) is 8.46. The Hall–Kier alpha value is -2.82. The first-order valence-corrected chi connectivity index (χ1v) is 6.85. The standard InChI is InChI=1S/C15H12O5.C2H6/c16-14(17)12-7-6-11(8-13(12)15(18)19)20-9-10-4-2-1-3-5-10;1-2/h1-8H,9H2,(H,16,17)(H,18,19);1-2H3. The number of ether oxygens (including phenoxy) is 1. The summed E-state index contributed by atoms with van der Waals surface area (Å²) in [7, 11) is 0. The molecule has 0 saturated carbocycles. The molecule has 0 unspecified atom stereocenters. The highest BCUT2D eigenvalue weighted by Crippen LogP contribution is 2.19. The second-order valence-corrected chi connectivity index (χ2v) is 4.09. The molecule has 0 aliphatic rings. The molecule has 0 radical (unpaired) electrons. The van der Waals surface area contributed by atoms with Crippen LogP contribution in [-0.2, 0) is 6.61 Å². The zero-order valence-corrected chi connectivity index (χ0v) is 12.4. The van der Waals surface area contributed by atoms with E-state index in [1.807, 2.05) is 44.2 Å². The molecule has 0 aromatic heterocycles. The molecule has 5 nitrogen and oxygen atoms in total. The zero-order valence-electron chi connectivity index (χ0n) is 12.4. The van der Waals surface area contributed by atoms with Crippen LogP contribution in [0.25, 0.3) is 0 Å². The Morgan fingerprint density at radius 1 is 0.909 bits per heavy atom. The van der Waals surface area contributed by atoms with Crippen LogP contribution >= 0.6 is 0 Å². The van der Waals surface area contributed by atoms with Crippen LogP contribution in [0.1, 0.15) is 40.1 Å². The summed E-state index contributed by atoms with van der Waals surface area (Å²) in [5.74, 6) is -2.26. The molecule has 2 aromatic rings. The minimum atomic E-state index is -1.30. The normalized spacial score (nSPS) is 9.36. The molecule has 0 aliphatic carbocycles. The number of aromatic carboxylic acids is 2. The molecule has 0 heterocycles. The van der Waals surface area contributed by atoms with Crippen molar-refractivity contribution in [1.29, 1.82) is 0 Å². The number of carboxylic acids is 2. The zero-order chi connectivity index (χ0) is 16.5. The van der Waals surface area contributed by atoms with Gasteiger partial charge < -0.3 is 14.9 Å². The topological polar surface area (TPSA) is 83.8 Å². The van der Waals surface area contributed by atoms with Crippen molar-refractivity contribution >= 4 is 11.9 Å². The first kappa shape index (κ1) is 17.2. The fraction of sp³-hybridized carbons (Fsp3) is 0.176. The molecule has 2 N–H and O–H groups in total. The minimum Gasteiger partial charge on any atom is -0.489 e. The maximum Gasteiger partial charge on any atom is 0.336 e. The molecule has 0 spiro atoms. The largest absolute Gasteiger partial charge is 0.489 e. The number of carboxylic acid groups (broad SMARTS) is 2. The fourth-order valence-electron chi connectivity index (χ4n) is 1.72. The molecular formula is C17H18O5. The summed E-state index contributed by atoms with van der Waals surface area (Å²) in [5, 5.41) is 17.9. The van der Waals surface area contributed by atoms with E-state index in [9.17, 15) is 9.59 Å². The fourth-order valence-corrected chi connectivity index (χ4v) is 1.72. The van der Waals surface area contributed by atoms with Crippen LogP contribution in [0.15, 0.2) is 48.5 Å². The third-order valence-corrected chi connectivity index (χ3v) is 2.70. The van der Waals surface area contributed by atoms with Crippen LogP contribution in [0.3, 0.4) is 0 Å².